The Morgan fingerprint density at radius 2 is 1.83 bits per heavy atom. The number of aromatic nitrogens is 2. The highest BCUT2D eigenvalue weighted by Crippen LogP contribution is 2.25. The lowest BCUT2D eigenvalue weighted by atomic mass is 10.1. The van der Waals surface area contributed by atoms with Crippen LogP contribution in [-0.4, -0.2) is 60.1 Å². The van der Waals surface area contributed by atoms with E-state index in [1.165, 1.54) is 0 Å². The molecule has 3 aromatic rings. The van der Waals surface area contributed by atoms with Crippen LogP contribution in [0, 0.1) is 0 Å². The maximum absolute atomic E-state index is 13.1. The zero-order valence-electron chi connectivity index (χ0n) is 17.4. The van der Waals surface area contributed by atoms with Gasteiger partial charge in [-0.3, -0.25) is 9.48 Å². The van der Waals surface area contributed by atoms with Crippen LogP contribution in [0.4, 0.5) is 0 Å². The van der Waals surface area contributed by atoms with Crippen molar-refractivity contribution < 1.29 is 19.0 Å². The summed E-state index contributed by atoms with van der Waals surface area (Å²) in [6.45, 7) is 2.37. The molecule has 1 aromatic heterocycles. The zero-order chi connectivity index (χ0) is 20.9. The van der Waals surface area contributed by atoms with E-state index in [2.05, 4.69) is 5.10 Å². The van der Waals surface area contributed by atoms with Gasteiger partial charge in [-0.2, -0.15) is 5.10 Å². The normalized spacial score (nSPS) is 14.8. The predicted octanol–water partition coefficient (Wildman–Crippen LogP) is 3.28. The molecule has 1 aliphatic heterocycles. The fourth-order valence-corrected chi connectivity index (χ4v) is 3.80. The second-order valence-corrected chi connectivity index (χ2v) is 7.41. The van der Waals surface area contributed by atoms with Gasteiger partial charge in [0.2, 0.25) is 0 Å². The van der Waals surface area contributed by atoms with Crippen molar-refractivity contribution in [1.82, 2.24) is 14.7 Å². The molecule has 0 bridgehead atoms. The van der Waals surface area contributed by atoms with Crippen LogP contribution in [0.15, 0.2) is 48.5 Å². The smallest absolute Gasteiger partial charge is 0.272 e. The Bertz CT molecular complexity index is 1010. The van der Waals surface area contributed by atoms with Gasteiger partial charge in [0.25, 0.3) is 5.91 Å². The van der Waals surface area contributed by atoms with E-state index >= 15 is 0 Å². The van der Waals surface area contributed by atoms with Crippen molar-refractivity contribution in [2.75, 3.05) is 33.4 Å². The van der Waals surface area contributed by atoms with E-state index in [9.17, 15) is 4.79 Å². The summed E-state index contributed by atoms with van der Waals surface area (Å²) in [7, 11) is 3.47. The molecule has 1 aliphatic rings. The molecule has 0 spiro atoms. The van der Waals surface area contributed by atoms with Crippen molar-refractivity contribution in [3.05, 3.63) is 54.2 Å². The summed E-state index contributed by atoms with van der Waals surface area (Å²) in [5.41, 5.74) is 1.49. The Labute approximate surface area is 176 Å². The van der Waals surface area contributed by atoms with E-state index in [0.29, 0.717) is 32.0 Å². The topological polar surface area (TPSA) is 65.8 Å². The summed E-state index contributed by atoms with van der Waals surface area (Å²) >= 11 is 0. The van der Waals surface area contributed by atoms with Gasteiger partial charge in [-0.15, -0.1) is 0 Å². The fourth-order valence-electron chi connectivity index (χ4n) is 3.80. The van der Waals surface area contributed by atoms with Crippen molar-refractivity contribution in [1.29, 1.82) is 0 Å². The average Bonchev–Trinajstić information content (AvgIpc) is 3.10. The van der Waals surface area contributed by atoms with Crippen LogP contribution in [0.3, 0.4) is 0 Å². The standard InChI is InChI=1S/C23H27N3O4/c1-25-22(20-8-3-4-9-21(20)24-25)23(27)26-12-10-17(11-13-26)30-19-7-5-6-18(16-19)29-15-14-28-2/h3-9,16-17H,10-15H2,1-2H3. The number of carbonyl (C=O) groups excluding carboxylic acids is 1. The van der Waals surface area contributed by atoms with Crippen molar-refractivity contribution in [2.24, 2.45) is 7.05 Å². The molecule has 2 heterocycles. The number of aryl methyl sites for hydroxylation is 1. The largest absolute Gasteiger partial charge is 0.491 e. The van der Waals surface area contributed by atoms with Gasteiger partial charge >= 0.3 is 0 Å². The second-order valence-electron chi connectivity index (χ2n) is 7.41. The number of benzene rings is 2. The van der Waals surface area contributed by atoms with Gasteiger partial charge in [-0.1, -0.05) is 24.3 Å². The molecule has 158 valence electrons. The number of likely N-dealkylation sites (tertiary alicyclic amines) is 1. The first-order valence-electron chi connectivity index (χ1n) is 10.2. The number of hydrogen-bond donors (Lipinski definition) is 0. The number of piperidine rings is 1. The molecule has 0 saturated carbocycles. The van der Waals surface area contributed by atoms with Crippen molar-refractivity contribution in [3.8, 4) is 11.5 Å². The van der Waals surface area contributed by atoms with E-state index in [4.69, 9.17) is 14.2 Å². The Morgan fingerprint density at radius 3 is 2.63 bits per heavy atom. The summed E-state index contributed by atoms with van der Waals surface area (Å²) in [5, 5.41) is 5.36. The number of rotatable bonds is 7. The lowest BCUT2D eigenvalue weighted by molar-refractivity contribution is 0.0587. The lowest BCUT2D eigenvalue weighted by Crippen LogP contribution is -2.42. The number of hydrogen-bond acceptors (Lipinski definition) is 5. The van der Waals surface area contributed by atoms with Crippen LogP contribution in [0.25, 0.3) is 10.9 Å². The third kappa shape index (κ3) is 4.41. The van der Waals surface area contributed by atoms with Gasteiger partial charge < -0.3 is 19.1 Å². The van der Waals surface area contributed by atoms with Crippen molar-refractivity contribution >= 4 is 16.8 Å². The Morgan fingerprint density at radius 1 is 1.07 bits per heavy atom. The molecular weight excluding hydrogens is 382 g/mol. The molecule has 30 heavy (non-hydrogen) atoms. The van der Waals surface area contributed by atoms with Gasteiger partial charge in [0.1, 0.15) is 29.9 Å². The molecule has 0 atom stereocenters. The number of ether oxygens (including phenoxy) is 3. The maximum atomic E-state index is 13.1. The third-order valence-electron chi connectivity index (χ3n) is 5.34. The van der Waals surface area contributed by atoms with E-state index < -0.39 is 0 Å². The number of methoxy groups -OCH3 is 1. The molecule has 7 nitrogen and oxygen atoms in total. The van der Waals surface area contributed by atoms with E-state index in [-0.39, 0.29) is 12.0 Å². The lowest BCUT2D eigenvalue weighted by Gasteiger charge is -2.32. The van der Waals surface area contributed by atoms with Crippen LogP contribution in [0.5, 0.6) is 11.5 Å². The molecule has 4 rings (SSSR count). The number of amides is 1. The summed E-state index contributed by atoms with van der Waals surface area (Å²) in [6.07, 6.45) is 1.65. The van der Waals surface area contributed by atoms with Crippen LogP contribution in [0.1, 0.15) is 23.3 Å². The van der Waals surface area contributed by atoms with E-state index in [1.807, 2.05) is 60.5 Å². The maximum Gasteiger partial charge on any atom is 0.272 e. The summed E-state index contributed by atoms with van der Waals surface area (Å²) in [4.78, 5) is 15.0. The number of carbonyl (C=O) groups is 1. The number of fused-ring (bicyclic) bond motifs is 1. The van der Waals surface area contributed by atoms with Crippen LogP contribution in [0.2, 0.25) is 0 Å². The Balaban J connectivity index is 1.35. The first kappa shape index (κ1) is 20.2. The average molecular weight is 409 g/mol. The summed E-state index contributed by atoms with van der Waals surface area (Å²) in [6, 6.07) is 15.4. The second kappa shape index (κ2) is 9.17. The highest BCUT2D eigenvalue weighted by atomic mass is 16.5. The van der Waals surface area contributed by atoms with E-state index in [0.717, 1.165) is 35.2 Å². The van der Waals surface area contributed by atoms with Crippen molar-refractivity contribution in [2.45, 2.75) is 18.9 Å². The summed E-state index contributed by atoms with van der Waals surface area (Å²) < 4.78 is 18.5. The van der Waals surface area contributed by atoms with Crippen molar-refractivity contribution in [3.63, 3.8) is 0 Å². The van der Waals surface area contributed by atoms with Gasteiger partial charge in [0.15, 0.2) is 0 Å². The monoisotopic (exact) mass is 409 g/mol. The molecule has 1 amide bonds. The van der Waals surface area contributed by atoms with Gasteiger partial charge in [0, 0.05) is 51.5 Å². The molecule has 7 heteroatoms. The molecule has 1 fully saturated rings. The highest BCUT2D eigenvalue weighted by Gasteiger charge is 2.27. The number of nitrogens with zero attached hydrogens (tertiary/aromatic N) is 3. The van der Waals surface area contributed by atoms with Crippen LogP contribution < -0.4 is 9.47 Å². The molecular formula is C23H27N3O4. The van der Waals surface area contributed by atoms with Crippen LogP contribution in [-0.2, 0) is 11.8 Å². The molecule has 2 aromatic carbocycles. The summed E-state index contributed by atoms with van der Waals surface area (Å²) in [5.74, 6) is 1.57. The van der Waals surface area contributed by atoms with Gasteiger partial charge in [-0.05, 0) is 18.2 Å². The SMILES string of the molecule is COCCOc1cccc(OC2CCN(C(=O)c3c4ccccc4nn3C)CC2)c1. The Hall–Kier alpha value is -3.06. The third-order valence-corrected chi connectivity index (χ3v) is 5.34. The van der Waals surface area contributed by atoms with E-state index in [1.54, 1.807) is 11.8 Å². The highest BCUT2D eigenvalue weighted by molar-refractivity contribution is 6.05. The van der Waals surface area contributed by atoms with Gasteiger partial charge in [-0.25, -0.2) is 0 Å². The first-order chi connectivity index (χ1) is 14.7. The first-order valence-corrected chi connectivity index (χ1v) is 10.2. The Kier molecular flexibility index (Phi) is 6.18. The molecule has 0 radical (unpaired) electrons. The molecule has 0 N–H and O–H groups in total. The minimum Gasteiger partial charge on any atom is -0.491 e. The minimum absolute atomic E-state index is 0.0261. The fraction of sp³-hybridized carbons (Fsp3) is 0.391. The zero-order valence-corrected chi connectivity index (χ0v) is 17.4. The van der Waals surface area contributed by atoms with Gasteiger partial charge in [0.05, 0.1) is 12.1 Å². The predicted molar refractivity (Wildman–Crippen MR) is 114 cm³/mol. The molecule has 0 unspecified atom stereocenters. The molecule has 1 saturated heterocycles. The van der Waals surface area contributed by atoms with Crippen LogP contribution >= 0.6 is 0 Å². The quantitative estimate of drug-likeness (QED) is 0.561. The molecule has 0 aliphatic carbocycles. The minimum atomic E-state index is 0.0261.